The van der Waals surface area contributed by atoms with Crippen molar-refractivity contribution in [2.75, 3.05) is 35.3 Å². The van der Waals surface area contributed by atoms with Gasteiger partial charge in [-0.05, 0) is 18.2 Å². The van der Waals surface area contributed by atoms with Crippen LogP contribution in [-0.4, -0.2) is 57.9 Å². The lowest BCUT2D eigenvalue weighted by Crippen LogP contribution is -2.40. The second-order valence-electron chi connectivity index (χ2n) is 8.15. The van der Waals surface area contributed by atoms with E-state index < -0.39 is 42.9 Å². The van der Waals surface area contributed by atoms with Crippen LogP contribution in [0.1, 0.15) is 26.5 Å². The summed E-state index contributed by atoms with van der Waals surface area (Å²) in [6.45, 7) is -0.140. The van der Waals surface area contributed by atoms with Crippen LogP contribution in [0.5, 0.6) is 0 Å². The Labute approximate surface area is 213 Å². The van der Waals surface area contributed by atoms with Gasteiger partial charge >= 0.3 is 12.2 Å². The summed E-state index contributed by atoms with van der Waals surface area (Å²) in [7, 11) is 0. The molecule has 14 heteroatoms. The first-order chi connectivity index (χ1) is 17.7. The van der Waals surface area contributed by atoms with Gasteiger partial charge in [-0.3, -0.25) is 15.1 Å². The number of alkyl halides is 3. The van der Waals surface area contributed by atoms with Crippen molar-refractivity contribution in [2.24, 2.45) is 0 Å². The minimum absolute atomic E-state index is 0.133. The molecule has 0 saturated carbocycles. The number of nitrogens with zero attached hydrogens (tertiary/aromatic N) is 3. The molecule has 1 aliphatic rings. The topological polar surface area (TPSA) is 140 Å². The second-order valence-corrected chi connectivity index (χ2v) is 9.23. The highest BCUT2D eigenvalue weighted by molar-refractivity contribution is 7.15. The highest BCUT2D eigenvalue weighted by Gasteiger charge is 2.32. The molecule has 2 aromatic heterocycles. The molecular weight excluding hydrogens is 513 g/mol. The summed E-state index contributed by atoms with van der Waals surface area (Å²) in [4.78, 5) is 35.9. The smallest absolute Gasteiger partial charge is 0.394 e. The van der Waals surface area contributed by atoms with Gasteiger partial charge in [0.15, 0.2) is 5.13 Å². The summed E-state index contributed by atoms with van der Waals surface area (Å²) >= 11 is 1.21. The van der Waals surface area contributed by atoms with Crippen LogP contribution in [0.4, 0.5) is 34.5 Å². The monoisotopic (exact) mass is 536 g/mol. The van der Waals surface area contributed by atoms with Gasteiger partial charge in [0.05, 0.1) is 60.2 Å². The van der Waals surface area contributed by atoms with Crippen molar-refractivity contribution >= 4 is 39.8 Å². The van der Waals surface area contributed by atoms with Crippen LogP contribution < -0.4 is 20.9 Å². The van der Waals surface area contributed by atoms with Crippen LogP contribution in [0.25, 0.3) is 0 Å². The fourth-order valence-corrected chi connectivity index (χ4v) is 4.70. The number of amides is 3. The number of rotatable bonds is 7. The van der Waals surface area contributed by atoms with Crippen molar-refractivity contribution in [1.82, 2.24) is 15.3 Å². The first-order valence-corrected chi connectivity index (χ1v) is 11.9. The van der Waals surface area contributed by atoms with E-state index in [1.54, 1.807) is 17.0 Å². The van der Waals surface area contributed by atoms with E-state index in [-0.39, 0.29) is 11.3 Å². The number of anilines is 3. The third-order valence-electron chi connectivity index (χ3n) is 5.56. The Hall–Kier alpha value is -3.75. The van der Waals surface area contributed by atoms with Crippen LogP contribution in [-0.2, 0) is 19.1 Å². The summed E-state index contributed by atoms with van der Waals surface area (Å²) in [6, 6.07) is 5.80. The van der Waals surface area contributed by atoms with E-state index in [0.29, 0.717) is 30.3 Å². The largest absolute Gasteiger partial charge is 0.417 e. The lowest BCUT2D eigenvalue weighted by atomic mass is 10.1. The van der Waals surface area contributed by atoms with Crippen LogP contribution in [0.2, 0.25) is 0 Å². The number of pyridine rings is 1. The lowest BCUT2D eigenvalue weighted by molar-refractivity contribution is -0.137. The van der Waals surface area contributed by atoms with Crippen molar-refractivity contribution in [1.29, 1.82) is 0 Å². The van der Waals surface area contributed by atoms with E-state index >= 15 is 0 Å². The van der Waals surface area contributed by atoms with E-state index in [0.717, 1.165) is 22.8 Å². The molecule has 10 nitrogen and oxygen atoms in total. The Morgan fingerprint density at radius 1 is 1.14 bits per heavy atom. The van der Waals surface area contributed by atoms with Crippen molar-refractivity contribution < 1.29 is 33.0 Å². The molecule has 4 rings (SSSR count). The summed E-state index contributed by atoms with van der Waals surface area (Å²) in [5, 5.41) is 26.4. The average molecular weight is 537 g/mol. The number of nitrogens with one attached hydrogen (secondary N) is 3. The number of thiazole rings is 1. The molecule has 0 aliphatic carbocycles. The molecule has 5 N–H and O–H groups in total. The molecule has 0 atom stereocenters. The normalized spacial score (nSPS) is 13.3. The summed E-state index contributed by atoms with van der Waals surface area (Å²) in [5.41, 5.74) is 0.609. The molecule has 0 fully saturated rings. The van der Waals surface area contributed by atoms with Gasteiger partial charge in [0.1, 0.15) is 0 Å². The Bertz CT molecular complexity index is 1280. The second kappa shape index (κ2) is 11.1. The van der Waals surface area contributed by atoms with E-state index in [1.807, 2.05) is 0 Å². The van der Waals surface area contributed by atoms with E-state index in [2.05, 4.69) is 25.9 Å². The molecule has 0 spiro atoms. The predicted octanol–water partition coefficient (Wildman–Crippen LogP) is 2.85. The lowest BCUT2D eigenvalue weighted by Gasteiger charge is -2.28. The van der Waals surface area contributed by atoms with Gasteiger partial charge in [0, 0.05) is 24.0 Å². The fraction of sp³-hybridized carbons (Fsp3) is 0.304. The van der Waals surface area contributed by atoms with E-state index in [1.165, 1.54) is 29.7 Å². The average Bonchev–Trinajstić information content (AvgIpc) is 3.28. The Kier molecular flexibility index (Phi) is 7.90. The van der Waals surface area contributed by atoms with Gasteiger partial charge in [-0.25, -0.2) is 9.78 Å². The number of hydrogen-bond acceptors (Lipinski definition) is 8. The number of aromatic nitrogens is 2. The van der Waals surface area contributed by atoms with Crippen LogP contribution in [0.3, 0.4) is 0 Å². The minimum atomic E-state index is -4.49. The van der Waals surface area contributed by atoms with Crippen molar-refractivity contribution in [3.8, 4) is 0 Å². The molecule has 3 aromatic rings. The maximum Gasteiger partial charge on any atom is 0.417 e. The summed E-state index contributed by atoms with van der Waals surface area (Å²) < 4.78 is 39.2. The molecular formula is C23H23F3N6O4S. The number of aliphatic hydroxyl groups is 2. The molecule has 0 unspecified atom stereocenters. The number of carbonyl (C=O) groups excluding carboxylic acids is 2. The zero-order chi connectivity index (χ0) is 26.6. The zero-order valence-corrected chi connectivity index (χ0v) is 20.1. The number of halogens is 3. The Balaban J connectivity index is 1.42. The number of carbonyl (C=O) groups is 2. The van der Waals surface area contributed by atoms with Gasteiger partial charge in [0.2, 0.25) is 0 Å². The van der Waals surface area contributed by atoms with E-state index in [9.17, 15) is 33.0 Å². The minimum Gasteiger partial charge on any atom is -0.394 e. The molecule has 1 aliphatic heterocycles. The molecule has 3 heterocycles. The maximum atomic E-state index is 13.1. The zero-order valence-electron chi connectivity index (χ0n) is 19.2. The summed E-state index contributed by atoms with van der Waals surface area (Å²) in [5.74, 6) is -0.585. The molecule has 0 saturated heterocycles. The number of urea groups is 1. The van der Waals surface area contributed by atoms with Gasteiger partial charge in [0.25, 0.3) is 5.91 Å². The van der Waals surface area contributed by atoms with Crippen molar-refractivity contribution in [2.45, 2.75) is 25.2 Å². The van der Waals surface area contributed by atoms with Crippen molar-refractivity contribution in [3.05, 3.63) is 64.4 Å². The molecule has 0 bridgehead atoms. The number of aliphatic hydroxyl groups excluding tert-OH is 2. The molecule has 0 radical (unpaired) electrons. The van der Waals surface area contributed by atoms with Crippen LogP contribution >= 0.6 is 11.3 Å². The van der Waals surface area contributed by atoms with Crippen LogP contribution in [0.15, 0.2) is 42.7 Å². The SMILES string of the molecule is O=C(Nc1nc2c(s1)CN(c1cncc(C(F)(F)F)c1)CC2)Nc1ccccc1C(=O)NC(CO)CO. The molecule has 1 aromatic carbocycles. The van der Waals surface area contributed by atoms with Crippen LogP contribution in [0, 0.1) is 0 Å². The van der Waals surface area contributed by atoms with Gasteiger partial charge in [-0.15, -0.1) is 0 Å². The third kappa shape index (κ3) is 6.34. The molecule has 196 valence electrons. The Morgan fingerprint density at radius 3 is 2.62 bits per heavy atom. The first kappa shape index (κ1) is 26.3. The standard InChI is InChI=1S/C23H23F3N6O4S/c24-23(25,26)13-7-15(9-27-8-13)32-6-5-18-19(10-32)37-22(30-18)31-21(36)29-17-4-2-1-3-16(17)20(35)28-14(11-33)12-34/h1-4,7-9,14,33-34H,5-6,10-12H2,(H,28,35)(H2,29,30,31,36). The quantitative estimate of drug-likeness (QED) is 0.313. The fourth-order valence-electron chi connectivity index (χ4n) is 3.68. The van der Waals surface area contributed by atoms with Gasteiger partial charge < -0.3 is 25.7 Å². The highest BCUT2D eigenvalue weighted by atomic mass is 32.1. The molecule has 3 amide bonds. The number of para-hydroxylation sites is 1. The number of benzene rings is 1. The predicted molar refractivity (Wildman–Crippen MR) is 131 cm³/mol. The molecule has 37 heavy (non-hydrogen) atoms. The van der Waals surface area contributed by atoms with E-state index in [4.69, 9.17) is 0 Å². The van der Waals surface area contributed by atoms with Gasteiger partial charge in [-0.1, -0.05) is 23.5 Å². The number of hydrogen-bond donors (Lipinski definition) is 5. The van der Waals surface area contributed by atoms with Gasteiger partial charge in [-0.2, -0.15) is 13.2 Å². The third-order valence-corrected chi connectivity index (χ3v) is 6.56. The highest BCUT2D eigenvalue weighted by Crippen LogP contribution is 2.34. The summed E-state index contributed by atoms with van der Waals surface area (Å²) in [6.07, 6.45) is -1.85. The van der Waals surface area contributed by atoms with Crippen molar-refractivity contribution in [3.63, 3.8) is 0 Å². The maximum absolute atomic E-state index is 13.1. The Morgan fingerprint density at radius 2 is 1.89 bits per heavy atom. The first-order valence-electron chi connectivity index (χ1n) is 11.1. The number of fused-ring (bicyclic) bond motifs is 1.